The fourth-order valence-corrected chi connectivity index (χ4v) is 6.60. The maximum absolute atomic E-state index is 12.7. The van der Waals surface area contributed by atoms with Gasteiger partial charge in [0.15, 0.2) is 6.10 Å². The SMILES string of the molecule is CC/C=C\C/C=C\C/C=C\C/C=C\C/C=C\CCCC(=O)OC(COC(=O)CCCCCCCC/C=C\C/C=C\C/C=C\CCCCCCC)COP(=O)([O-])OCC[N+](C)(C)C. The van der Waals surface area contributed by atoms with Gasteiger partial charge in [0.2, 0.25) is 0 Å². The van der Waals surface area contributed by atoms with E-state index in [1.165, 1.54) is 38.5 Å². The minimum atomic E-state index is -4.65. The van der Waals surface area contributed by atoms with Crippen molar-refractivity contribution in [2.45, 2.75) is 174 Å². The molecule has 9 nitrogen and oxygen atoms in total. The van der Waals surface area contributed by atoms with Gasteiger partial charge in [-0.25, -0.2) is 0 Å². The topological polar surface area (TPSA) is 111 Å². The molecule has 0 saturated heterocycles. The van der Waals surface area contributed by atoms with Gasteiger partial charge in [-0.15, -0.1) is 0 Å². The minimum absolute atomic E-state index is 0.0494. The third kappa shape index (κ3) is 46.4. The predicted molar refractivity (Wildman–Crippen MR) is 259 cm³/mol. The van der Waals surface area contributed by atoms with Gasteiger partial charge in [-0.2, -0.15) is 0 Å². The summed E-state index contributed by atoms with van der Waals surface area (Å²) < 4.78 is 33.9. The van der Waals surface area contributed by atoms with Crippen LogP contribution in [-0.4, -0.2) is 70.0 Å². The summed E-state index contributed by atoms with van der Waals surface area (Å²) in [6, 6.07) is 0. The third-order valence-corrected chi connectivity index (χ3v) is 10.6. The van der Waals surface area contributed by atoms with Crippen molar-refractivity contribution in [1.29, 1.82) is 0 Å². The van der Waals surface area contributed by atoms with Crippen LogP contribution < -0.4 is 4.89 Å². The molecular weight excluding hydrogens is 798 g/mol. The number of quaternary nitrogens is 1. The van der Waals surface area contributed by atoms with E-state index in [0.717, 1.165) is 83.5 Å². The van der Waals surface area contributed by atoms with Crippen LogP contribution in [0.5, 0.6) is 0 Å². The summed E-state index contributed by atoms with van der Waals surface area (Å²) in [5.74, 6) is -0.926. The van der Waals surface area contributed by atoms with E-state index in [1.54, 1.807) is 0 Å². The predicted octanol–water partition coefficient (Wildman–Crippen LogP) is 13.5. The number of allylic oxidation sites excluding steroid dienone is 16. The van der Waals surface area contributed by atoms with Gasteiger partial charge in [-0.3, -0.25) is 14.2 Å². The van der Waals surface area contributed by atoms with Crippen molar-refractivity contribution in [2.75, 3.05) is 47.5 Å². The summed E-state index contributed by atoms with van der Waals surface area (Å²) >= 11 is 0. The van der Waals surface area contributed by atoms with Gasteiger partial charge in [-0.1, -0.05) is 162 Å². The quantitative estimate of drug-likeness (QED) is 0.0196. The van der Waals surface area contributed by atoms with E-state index in [0.29, 0.717) is 30.3 Å². The van der Waals surface area contributed by atoms with E-state index in [2.05, 4.69) is 105 Å². The van der Waals surface area contributed by atoms with Crippen molar-refractivity contribution in [3.05, 3.63) is 97.2 Å². The molecule has 10 heteroatoms. The van der Waals surface area contributed by atoms with Crippen LogP contribution in [0.25, 0.3) is 0 Å². The van der Waals surface area contributed by atoms with Crippen molar-refractivity contribution < 1.29 is 42.1 Å². The van der Waals surface area contributed by atoms with Crippen LogP contribution in [0, 0.1) is 0 Å². The van der Waals surface area contributed by atoms with Crippen molar-refractivity contribution in [1.82, 2.24) is 0 Å². The number of rotatable bonds is 42. The fourth-order valence-electron chi connectivity index (χ4n) is 5.87. The van der Waals surface area contributed by atoms with Gasteiger partial charge in [0.05, 0.1) is 27.7 Å². The van der Waals surface area contributed by atoms with E-state index in [9.17, 15) is 19.0 Å². The average molecular weight is 886 g/mol. The molecule has 0 aliphatic rings. The molecule has 2 atom stereocenters. The average Bonchev–Trinajstić information content (AvgIpc) is 3.23. The van der Waals surface area contributed by atoms with Crippen LogP contribution in [0.2, 0.25) is 0 Å². The standard InChI is InChI=1S/C52H88NO8P/c1-6-8-10-12-14-16-18-20-22-24-25-26-27-29-30-32-34-36-38-40-42-44-51(54)58-48-50(49-60-62(56,57)59-47-46-53(3,4)5)61-52(55)45-43-41-39-37-35-33-31-28-23-21-19-17-15-13-11-9-7-2/h9,11,15,17-18,20-21,23-25,27,29,31,33,37,39,50H,6-8,10,12-14,16,19,22,26,28,30,32,34-36,38,40-49H2,1-5H3/b11-9-,17-15-,20-18-,23-21-,25-24-,29-27-,33-31-,39-37-. The molecule has 0 heterocycles. The van der Waals surface area contributed by atoms with Crippen LogP contribution in [0.15, 0.2) is 97.2 Å². The number of hydrogen-bond donors (Lipinski definition) is 0. The summed E-state index contributed by atoms with van der Waals surface area (Å²) in [6.07, 6.45) is 57.3. The zero-order chi connectivity index (χ0) is 45.7. The molecule has 0 radical (unpaired) electrons. The Labute approximate surface area is 379 Å². The highest BCUT2D eigenvalue weighted by Crippen LogP contribution is 2.38. The number of carbonyl (C=O) groups is 2. The smallest absolute Gasteiger partial charge is 0.306 e. The van der Waals surface area contributed by atoms with Gasteiger partial charge in [0.25, 0.3) is 7.82 Å². The number of phosphoric ester groups is 1. The fraction of sp³-hybridized carbons (Fsp3) is 0.654. The third-order valence-electron chi connectivity index (χ3n) is 9.59. The molecule has 0 aliphatic carbocycles. The van der Waals surface area contributed by atoms with E-state index in [-0.39, 0.29) is 26.1 Å². The van der Waals surface area contributed by atoms with E-state index in [4.69, 9.17) is 18.5 Å². The van der Waals surface area contributed by atoms with Crippen LogP contribution in [0.3, 0.4) is 0 Å². The summed E-state index contributed by atoms with van der Waals surface area (Å²) in [5.41, 5.74) is 0. The number of phosphoric acid groups is 1. The van der Waals surface area contributed by atoms with E-state index >= 15 is 0 Å². The first-order valence-corrected chi connectivity index (χ1v) is 25.4. The van der Waals surface area contributed by atoms with Crippen LogP contribution >= 0.6 is 7.82 Å². The Morgan fingerprint density at radius 1 is 0.516 bits per heavy atom. The van der Waals surface area contributed by atoms with Crippen LogP contribution in [0.1, 0.15) is 168 Å². The molecule has 0 spiro atoms. The number of hydrogen-bond acceptors (Lipinski definition) is 8. The van der Waals surface area contributed by atoms with Gasteiger partial charge in [0.1, 0.15) is 19.8 Å². The molecule has 0 bridgehead atoms. The van der Waals surface area contributed by atoms with Gasteiger partial charge < -0.3 is 27.9 Å². The maximum atomic E-state index is 12.7. The van der Waals surface area contributed by atoms with Crippen molar-refractivity contribution >= 4 is 19.8 Å². The highest BCUT2D eigenvalue weighted by molar-refractivity contribution is 7.45. The Hall–Kier alpha value is -3.07. The Kier molecular flexibility index (Phi) is 41.1. The van der Waals surface area contributed by atoms with Gasteiger partial charge in [-0.05, 0) is 89.9 Å². The number of carbonyl (C=O) groups excluding carboxylic acids is 2. The molecule has 0 aromatic carbocycles. The number of unbranched alkanes of at least 4 members (excludes halogenated alkanes) is 12. The normalized spacial score (nSPS) is 14.4. The molecule has 354 valence electrons. The van der Waals surface area contributed by atoms with Crippen molar-refractivity contribution in [2.24, 2.45) is 0 Å². The molecule has 0 saturated carbocycles. The second-order valence-corrected chi connectivity index (χ2v) is 18.1. The Bertz CT molecular complexity index is 1370. The molecule has 0 aliphatic heterocycles. The molecule has 0 amide bonds. The second kappa shape index (κ2) is 43.2. The number of likely N-dealkylation sites (N-methyl/N-ethyl adjacent to an activating group) is 1. The summed E-state index contributed by atoms with van der Waals surface area (Å²) in [4.78, 5) is 37.6. The largest absolute Gasteiger partial charge is 0.756 e. The lowest BCUT2D eigenvalue weighted by Crippen LogP contribution is -2.37. The minimum Gasteiger partial charge on any atom is -0.756 e. The molecule has 0 rings (SSSR count). The first kappa shape index (κ1) is 58.9. The monoisotopic (exact) mass is 886 g/mol. The number of esters is 2. The first-order chi connectivity index (χ1) is 30.0. The van der Waals surface area contributed by atoms with E-state index in [1.807, 2.05) is 27.2 Å². The molecule has 0 fully saturated rings. The zero-order valence-electron chi connectivity index (χ0n) is 39.8. The summed E-state index contributed by atoms with van der Waals surface area (Å²) in [6.45, 7) is 4.00. The molecule has 0 aromatic rings. The summed E-state index contributed by atoms with van der Waals surface area (Å²) in [5, 5.41) is 0. The van der Waals surface area contributed by atoms with Crippen LogP contribution in [-0.2, 0) is 32.7 Å². The highest BCUT2D eigenvalue weighted by atomic mass is 31.2. The molecule has 0 N–H and O–H groups in total. The Morgan fingerprint density at radius 3 is 1.42 bits per heavy atom. The Morgan fingerprint density at radius 2 is 0.935 bits per heavy atom. The molecular formula is C52H88NO8P. The highest BCUT2D eigenvalue weighted by Gasteiger charge is 2.21. The zero-order valence-corrected chi connectivity index (χ0v) is 40.7. The second-order valence-electron chi connectivity index (χ2n) is 16.7. The van der Waals surface area contributed by atoms with Crippen LogP contribution in [0.4, 0.5) is 0 Å². The number of nitrogens with zero attached hydrogens (tertiary/aromatic N) is 1. The van der Waals surface area contributed by atoms with Crippen molar-refractivity contribution in [3.63, 3.8) is 0 Å². The van der Waals surface area contributed by atoms with E-state index < -0.39 is 32.5 Å². The Balaban J connectivity index is 4.43. The lowest BCUT2D eigenvalue weighted by atomic mass is 10.1. The number of ether oxygens (including phenoxy) is 2. The van der Waals surface area contributed by atoms with Gasteiger partial charge in [0, 0.05) is 12.8 Å². The molecule has 62 heavy (non-hydrogen) atoms. The first-order valence-electron chi connectivity index (χ1n) is 23.9. The molecule has 2 unspecified atom stereocenters. The van der Waals surface area contributed by atoms with Crippen molar-refractivity contribution in [3.8, 4) is 0 Å². The summed E-state index contributed by atoms with van der Waals surface area (Å²) in [7, 11) is 1.10. The maximum Gasteiger partial charge on any atom is 0.306 e. The van der Waals surface area contributed by atoms with Gasteiger partial charge >= 0.3 is 11.9 Å². The lowest BCUT2D eigenvalue weighted by molar-refractivity contribution is -0.870. The lowest BCUT2D eigenvalue weighted by Gasteiger charge is -2.28. The molecule has 0 aromatic heterocycles.